The first-order valence-electron chi connectivity index (χ1n) is 8.66. The molecule has 0 saturated heterocycles. The summed E-state index contributed by atoms with van der Waals surface area (Å²) in [7, 11) is 1.30. The van der Waals surface area contributed by atoms with Crippen LogP contribution in [0.3, 0.4) is 0 Å². The summed E-state index contributed by atoms with van der Waals surface area (Å²) >= 11 is 0. The molecule has 2 rings (SSSR count). The molecule has 29 heavy (non-hydrogen) atoms. The van der Waals surface area contributed by atoms with E-state index in [0.717, 1.165) is 0 Å². The molecule has 0 radical (unpaired) electrons. The molecule has 0 bridgehead atoms. The number of ether oxygens (including phenoxy) is 3. The molecule has 9 heteroatoms. The van der Waals surface area contributed by atoms with Crippen LogP contribution in [0, 0.1) is 5.82 Å². The molecule has 6 nitrogen and oxygen atoms in total. The lowest BCUT2D eigenvalue weighted by atomic mass is 10.1. The van der Waals surface area contributed by atoms with Crippen molar-refractivity contribution in [1.29, 1.82) is 0 Å². The second kappa shape index (κ2) is 10.9. The van der Waals surface area contributed by atoms with E-state index in [-0.39, 0.29) is 30.9 Å². The number of halogens is 3. The maximum atomic E-state index is 13.5. The van der Waals surface area contributed by atoms with Gasteiger partial charge in [-0.05, 0) is 35.7 Å². The van der Waals surface area contributed by atoms with Gasteiger partial charge in [0, 0.05) is 13.0 Å². The van der Waals surface area contributed by atoms with E-state index in [2.05, 4.69) is 10.1 Å². The van der Waals surface area contributed by atoms with Crippen LogP contribution in [0.1, 0.15) is 17.5 Å². The van der Waals surface area contributed by atoms with E-state index in [4.69, 9.17) is 9.47 Å². The Kier molecular flexibility index (Phi) is 8.32. The van der Waals surface area contributed by atoms with Gasteiger partial charge in [-0.2, -0.15) is 8.78 Å². The SMILES string of the molecule is COc1cc(CNC(=O)COC(=O)CCc2ccccc2F)ccc1OC(F)F. The molecule has 0 aliphatic heterocycles. The van der Waals surface area contributed by atoms with Crippen LogP contribution in [0.4, 0.5) is 13.2 Å². The number of rotatable bonds is 10. The first-order valence-corrected chi connectivity index (χ1v) is 8.66. The number of aryl methyl sites for hydroxylation is 1. The molecule has 0 fully saturated rings. The van der Waals surface area contributed by atoms with E-state index in [0.29, 0.717) is 11.1 Å². The van der Waals surface area contributed by atoms with Gasteiger partial charge in [0.15, 0.2) is 18.1 Å². The first-order chi connectivity index (χ1) is 13.9. The predicted molar refractivity (Wildman–Crippen MR) is 97.2 cm³/mol. The van der Waals surface area contributed by atoms with Gasteiger partial charge in [0.2, 0.25) is 0 Å². The van der Waals surface area contributed by atoms with Crippen molar-refractivity contribution < 1.29 is 37.0 Å². The number of alkyl halides is 2. The summed E-state index contributed by atoms with van der Waals surface area (Å²) in [5, 5.41) is 2.53. The molecule has 0 aromatic heterocycles. The Labute approximate surface area is 165 Å². The summed E-state index contributed by atoms with van der Waals surface area (Å²) in [6.45, 7) is -3.40. The number of esters is 1. The topological polar surface area (TPSA) is 73.9 Å². The fourth-order valence-electron chi connectivity index (χ4n) is 2.42. The van der Waals surface area contributed by atoms with Gasteiger partial charge in [-0.25, -0.2) is 4.39 Å². The summed E-state index contributed by atoms with van der Waals surface area (Å²) in [6.07, 6.45) is 0.108. The van der Waals surface area contributed by atoms with Crippen molar-refractivity contribution >= 4 is 11.9 Å². The molecule has 0 spiro atoms. The lowest BCUT2D eigenvalue weighted by molar-refractivity contribution is -0.148. The van der Waals surface area contributed by atoms with Gasteiger partial charge in [-0.1, -0.05) is 24.3 Å². The Balaban J connectivity index is 1.75. The molecule has 0 atom stereocenters. The van der Waals surface area contributed by atoms with Crippen molar-refractivity contribution in [3.05, 3.63) is 59.4 Å². The van der Waals surface area contributed by atoms with Crippen LogP contribution in [0.15, 0.2) is 42.5 Å². The Morgan fingerprint density at radius 2 is 1.86 bits per heavy atom. The van der Waals surface area contributed by atoms with Crippen LogP contribution in [-0.4, -0.2) is 32.2 Å². The van der Waals surface area contributed by atoms with Crippen LogP contribution in [-0.2, 0) is 27.3 Å². The number of carbonyl (C=O) groups excluding carboxylic acids is 2. The van der Waals surface area contributed by atoms with Crippen LogP contribution in [0.25, 0.3) is 0 Å². The fraction of sp³-hybridized carbons (Fsp3) is 0.300. The van der Waals surface area contributed by atoms with Gasteiger partial charge in [-0.15, -0.1) is 0 Å². The van der Waals surface area contributed by atoms with Crippen molar-refractivity contribution in [2.45, 2.75) is 26.0 Å². The van der Waals surface area contributed by atoms with Crippen LogP contribution in [0.2, 0.25) is 0 Å². The number of carbonyl (C=O) groups is 2. The summed E-state index contributed by atoms with van der Waals surface area (Å²) in [5.74, 6) is -1.61. The van der Waals surface area contributed by atoms with Gasteiger partial charge in [0.1, 0.15) is 5.82 Å². The van der Waals surface area contributed by atoms with Crippen molar-refractivity contribution in [2.75, 3.05) is 13.7 Å². The number of hydrogen-bond acceptors (Lipinski definition) is 5. The average Bonchev–Trinajstić information content (AvgIpc) is 2.70. The van der Waals surface area contributed by atoms with E-state index in [1.54, 1.807) is 18.2 Å². The van der Waals surface area contributed by atoms with E-state index in [1.165, 1.54) is 31.4 Å². The normalized spacial score (nSPS) is 10.5. The van der Waals surface area contributed by atoms with Crippen molar-refractivity contribution in [3.8, 4) is 11.5 Å². The van der Waals surface area contributed by atoms with Crippen LogP contribution < -0.4 is 14.8 Å². The number of hydrogen-bond donors (Lipinski definition) is 1. The quantitative estimate of drug-likeness (QED) is 0.608. The Bertz CT molecular complexity index is 845. The third-order valence-corrected chi connectivity index (χ3v) is 3.85. The molecule has 0 unspecified atom stereocenters. The highest BCUT2D eigenvalue weighted by atomic mass is 19.3. The third-order valence-electron chi connectivity index (χ3n) is 3.85. The molecule has 0 aliphatic carbocycles. The summed E-state index contributed by atoms with van der Waals surface area (Å²) in [6, 6.07) is 10.3. The lowest BCUT2D eigenvalue weighted by Gasteiger charge is -2.12. The molecule has 0 heterocycles. The number of amides is 1. The first kappa shape index (κ1) is 22.1. The molecule has 156 valence electrons. The minimum atomic E-state index is -2.98. The second-order valence-electron chi connectivity index (χ2n) is 5.89. The van der Waals surface area contributed by atoms with E-state index >= 15 is 0 Å². The van der Waals surface area contributed by atoms with Crippen LogP contribution in [0.5, 0.6) is 11.5 Å². The monoisotopic (exact) mass is 411 g/mol. The van der Waals surface area contributed by atoms with Gasteiger partial charge in [0.05, 0.1) is 7.11 Å². The Hall–Kier alpha value is -3.23. The number of methoxy groups -OCH3 is 1. The highest BCUT2D eigenvalue weighted by Gasteiger charge is 2.12. The van der Waals surface area contributed by atoms with Gasteiger partial charge >= 0.3 is 12.6 Å². The summed E-state index contributed by atoms with van der Waals surface area (Å²) in [5.41, 5.74) is 0.963. The second-order valence-corrected chi connectivity index (χ2v) is 5.89. The van der Waals surface area contributed by atoms with Gasteiger partial charge < -0.3 is 19.5 Å². The lowest BCUT2D eigenvalue weighted by Crippen LogP contribution is -2.28. The third kappa shape index (κ3) is 7.36. The largest absolute Gasteiger partial charge is 0.493 e. The smallest absolute Gasteiger partial charge is 0.387 e. The fourth-order valence-corrected chi connectivity index (χ4v) is 2.42. The summed E-state index contributed by atoms with van der Waals surface area (Å²) < 4.78 is 52.3. The zero-order valence-corrected chi connectivity index (χ0v) is 15.6. The standard InChI is InChI=1S/C20H20F3NO5/c1-27-17-10-13(6-8-16(17)29-20(22)23)11-24-18(25)12-28-19(26)9-7-14-4-2-3-5-15(14)21/h2-6,8,10,20H,7,9,11-12H2,1H3,(H,24,25). The van der Waals surface area contributed by atoms with E-state index < -0.39 is 30.9 Å². The molecule has 1 amide bonds. The average molecular weight is 411 g/mol. The van der Waals surface area contributed by atoms with E-state index in [1.807, 2.05) is 0 Å². The Morgan fingerprint density at radius 3 is 2.55 bits per heavy atom. The van der Waals surface area contributed by atoms with Crippen molar-refractivity contribution in [1.82, 2.24) is 5.32 Å². The highest BCUT2D eigenvalue weighted by Crippen LogP contribution is 2.29. The van der Waals surface area contributed by atoms with Crippen molar-refractivity contribution in [3.63, 3.8) is 0 Å². The zero-order chi connectivity index (χ0) is 21.2. The van der Waals surface area contributed by atoms with Crippen molar-refractivity contribution in [2.24, 2.45) is 0 Å². The maximum absolute atomic E-state index is 13.5. The predicted octanol–water partition coefficient (Wildman–Crippen LogP) is 3.23. The maximum Gasteiger partial charge on any atom is 0.387 e. The molecular formula is C20H20F3NO5. The minimum absolute atomic E-state index is 0.0585. The molecule has 0 saturated carbocycles. The van der Waals surface area contributed by atoms with E-state index in [9.17, 15) is 22.8 Å². The molecular weight excluding hydrogens is 391 g/mol. The number of benzene rings is 2. The minimum Gasteiger partial charge on any atom is -0.493 e. The molecule has 2 aromatic rings. The Morgan fingerprint density at radius 1 is 1.10 bits per heavy atom. The molecule has 0 aliphatic rings. The summed E-state index contributed by atoms with van der Waals surface area (Å²) in [4.78, 5) is 23.5. The van der Waals surface area contributed by atoms with Gasteiger partial charge in [0.25, 0.3) is 5.91 Å². The number of nitrogens with one attached hydrogen (secondary N) is 1. The van der Waals surface area contributed by atoms with Crippen LogP contribution >= 0.6 is 0 Å². The zero-order valence-electron chi connectivity index (χ0n) is 15.6. The molecule has 1 N–H and O–H groups in total. The molecule has 2 aromatic carbocycles. The van der Waals surface area contributed by atoms with Gasteiger partial charge in [-0.3, -0.25) is 9.59 Å². The highest BCUT2D eigenvalue weighted by molar-refractivity contribution is 5.80.